The van der Waals surface area contributed by atoms with Crippen LogP contribution in [0.2, 0.25) is 0 Å². The maximum atomic E-state index is 13.4. The number of aliphatic hydroxyl groups excluding tert-OH is 1. The molecule has 0 unspecified atom stereocenters. The van der Waals surface area contributed by atoms with Crippen molar-refractivity contribution < 1.29 is 33.6 Å². The molecule has 0 saturated carbocycles. The standard InChI is InChI=1S/C29H39BN4O7/c1-18(2)16-24(30-40-25(36)14-15-34(5)19(3)17-26(37)41-30)32-29(39)27(20(4)35)33-28(38)23-13-9-12-22(31-23)21-10-7-6-8-11-21/h6-13,18-20,24,27,35H,14-17H2,1-5H3,(H,32,39)(H,33,38)/t19-,20-,24+,27+/m1/s1. The maximum absolute atomic E-state index is 13.4. The second-order valence-electron chi connectivity index (χ2n) is 10.8. The summed E-state index contributed by atoms with van der Waals surface area (Å²) in [5.74, 6) is -3.43. The number of aliphatic hydroxyl groups is 1. The SMILES string of the molecule is CC(C)C[C@H](NC(=O)[C@@H](NC(=O)c1cccc(-c2ccccc2)n1)[C@@H](C)O)B1OC(=O)CCN(C)[C@H](C)CC(=O)O1. The summed E-state index contributed by atoms with van der Waals surface area (Å²) < 4.78 is 11.0. The van der Waals surface area contributed by atoms with Crippen LogP contribution in [0.3, 0.4) is 0 Å². The van der Waals surface area contributed by atoms with Crippen LogP contribution in [-0.4, -0.2) is 83.6 Å². The van der Waals surface area contributed by atoms with Crippen molar-refractivity contribution in [3.63, 3.8) is 0 Å². The molecule has 11 nitrogen and oxygen atoms in total. The zero-order chi connectivity index (χ0) is 30.1. The Morgan fingerprint density at radius 3 is 2.39 bits per heavy atom. The van der Waals surface area contributed by atoms with Crippen molar-refractivity contribution in [2.24, 2.45) is 5.92 Å². The first-order valence-corrected chi connectivity index (χ1v) is 13.9. The van der Waals surface area contributed by atoms with Gasteiger partial charge in [0.15, 0.2) is 0 Å². The fourth-order valence-electron chi connectivity index (χ4n) is 4.41. The van der Waals surface area contributed by atoms with Gasteiger partial charge in [0.2, 0.25) is 5.91 Å². The molecule has 41 heavy (non-hydrogen) atoms. The second-order valence-corrected chi connectivity index (χ2v) is 10.8. The first-order valence-electron chi connectivity index (χ1n) is 13.9. The summed E-state index contributed by atoms with van der Waals surface area (Å²) in [7, 11) is 0.441. The highest BCUT2D eigenvalue weighted by molar-refractivity contribution is 6.51. The average Bonchev–Trinajstić information content (AvgIpc) is 2.93. The van der Waals surface area contributed by atoms with Crippen molar-refractivity contribution >= 4 is 30.9 Å². The van der Waals surface area contributed by atoms with E-state index in [4.69, 9.17) is 9.31 Å². The molecule has 1 aromatic carbocycles. The van der Waals surface area contributed by atoms with Gasteiger partial charge in [-0.05, 0) is 45.4 Å². The summed E-state index contributed by atoms with van der Waals surface area (Å²) in [6.45, 7) is 7.43. The number of hydrogen-bond donors (Lipinski definition) is 3. The Labute approximate surface area is 241 Å². The number of pyridine rings is 1. The molecular weight excluding hydrogens is 527 g/mol. The first kappa shape index (κ1) is 31.8. The molecule has 0 bridgehead atoms. The predicted octanol–water partition coefficient (Wildman–Crippen LogP) is 1.99. The largest absolute Gasteiger partial charge is 0.622 e. The van der Waals surface area contributed by atoms with Gasteiger partial charge in [0.05, 0.1) is 30.6 Å². The lowest BCUT2D eigenvalue weighted by atomic mass is 9.73. The van der Waals surface area contributed by atoms with Crippen molar-refractivity contribution in [1.29, 1.82) is 0 Å². The van der Waals surface area contributed by atoms with Crippen LogP contribution in [0.25, 0.3) is 11.3 Å². The van der Waals surface area contributed by atoms with Crippen LogP contribution in [-0.2, 0) is 23.7 Å². The van der Waals surface area contributed by atoms with Crippen molar-refractivity contribution in [2.75, 3.05) is 13.6 Å². The van der Waals surface area contributed by atoms with Gasteiger partial charge in [0.25, 0.3) is 17.8 Å². The van der Waals surface area contributed by atoms with E-state index in [1.165, 1.54) is 13.0 Å². The molecule has 12 heteroatoms. The number of rotatable bonds is 9. The second kappa shape index (κ2) is 14.7. The van der Waals surface area contributed by atoms with E-state index >= 15 is 0 Å². The lowest BCUT2D eigenvalue weighted by Gasteiger charge is -2.30. The van der Waals surface area contributed by atoms with Gasteiger partial charge in [0.1, 0.15) is 11.7 Å². The Balaban J connectivity index is 1.78. The van der Waals surface area contributed by atoms with Crippen LogP contribution in [0.5, 0.6) is 0 Å². The number of nitrogens with zero attached hydrogens (tertiary/aromatic N) is 2. The van der Waals surface area contributed by atoms with Crippen LogP contribution in [0.4, 0.5) is 0 Å². The molecule has 1 fully saturated rings. The van der Waals surface area contributed by atoms with Crippen LogP contribution in [0, 0.1) is 5.92 Å². The Morgan fingerprint density at radius 1 is 1.05 bits per heavy atom. The molecule has 2 aromatic rings. The third-order valence-corrected chi connectivity index (χ3v) is 6.86. The van der Waals surface area contributed by atoms with E-state index in [1.54, 1.807) is 12.1 Å². The summed E-state index contributed by atoms with van der Waals surface area (Å²) >= 11 is 0. The number of hydrogen-bond acceptors (Lipinski definition) is 9. The van der Waals surface area contributed by atoms with Crippen molar-refractivity contribution in [3.8, 4) is 11.3 Å². The number of carbonyl (C=O) groups is 4. The average molecular weight is 566 g/mol. The smallest absolute Gasteiger partial charge is 0.498 e. The van der Waals surface area contributed by atoms with E-state index in [9.17, 15) is 24.3 Å². The normalized spacial score (nSPS) is 19.0. The molecule has 3 N–H and O–H groups in total. The third kappa shape index (κ3) is 9.39. The van der Waals surface area contributed by atoms with E-state index in [2.05, 4.69) is 15.6 Å². The zero-order valence-corrected chi connectivity index (χ0v) is 24.2. The van der Waals surface area contributed by atoms with E-state index in [-0.39, 0.29) is 30.5 Å². The summed E-state index contributed by atoms with van der Waals surface area (Å²) in [6, 6.07) is 12.8. The highest BCUT2D eigenvalue weighted by atomic mass is 16.6. The molecule has 1 aliphatic rings. The quantitative estimate of drug-likeness (QED) is 0.388. The number of benzene rings is 1. The Kier molecular flexibility index (Phi) is 11.4. The third-order valence-electron chi connectivity index (χ3n) is 6.86. The zero-order valence-electron chi connectivity index (χ0n) is 24.2. The molecule has 0 spiro atoms. The first-order chi connectivity index (χ1) is 19.4. The minimum atomic E-state index is -1.37. The van der Waals surface area contributed by atoms with Crippen LogP contribution in [0.1, 0.15) is 57.4 Å². The van der Waals surface area contributed by atoms with Crippen LogP contribution in [0.15, 0.2) is 48.5 Å². The molecule has 3 rings (SSSR count). The molecule has 2 heterocycles. The van der Waals surface area contributed by atoms with Crippen LogP contribution < -0.4 is 10.6 Å². The number of nitrogens with one attached hydrogen (secondary N) is 2. The number of aromatic nitrogens is 1. The fraction of sp³-hybridized carbons (Fsp3) is 0.483. The molecule has 0 radical (unpaired) electrons. The fourth-order valence-corrected chi connectivity index (χ4v) is 4.41. The summed E-state index contributed by atoms with van der Waals surface area (Å²) in [5, 5.41) is 15.7. The Morgan fingerprint density at radius 2 is 1.73 bits per heavy atom. The van der Waals surface area contributed by atoms with Crippen molar-refractivity contribution in [2.45, 2.75) is 71.1 Å². The van der Waals surface area contributed by atoms with Gasteiger partial charge >= 0.3 is 7.12 Å². The molecule has 4 atom stereocenters. The Hall–Kier alpha value is -3.77. The molecule has 1 aromatic heterocycles. The van der Waals surface area contributed by atoms with Crippen molar-refractivity contribution in [3.05, 3.63) is 54.2 Å². The molecule has 2 amide bonds. The molecule has 1 aliphatic heterocycles. The lowest BCUT2D eigenvalue weighted by Crippen LogP contribution is -2.59. The van der Waals surface area contributed by atoms with E-state index < -0.39 is 49.0 Å². The topological polar surface area (TPSA) is 147 Å². The highest BCUT2D eigenvalue weighted by Gasteiger charge is 2.41. The summed E-state index contributed by atoms with van der Waals surface area (Å²) in [4.78, 5) is 58.0. The van der Waals surface area contributed by atoms with Gasteiger partial charge in [-0.2, -0.15) is 0 Å². The minimum absolute atomic E-state index is 0.0164. The minimum Gasteiger partial charge on any atom is -0.498 e. The summed E-state index contributed by atoms with van der Waals surface area (Å²) in [6.07, 6.45) is -0.818. The number of carbonyl (C=O) groups excluding carboxylic acids is 4. The highest BCUT2D eigenvalue weighted by Crippen LogP contribution is 2.17. The van der Waals surface area contributed by atoms with E-state index in [1.807, 2.05) is 63.1 Å². The van der Waals surface area contributed by atoms with E-state index in [0.29, 0.717) is 18.7 Å². The molecule has 220 valence electrons. The molecular formula is C29H39BN4O7. The van der Waals surface area contributed by atoms with Gasteiger partial charge < -0.3 is 29.9 Å². The monoisotopic (exact) mass is 566 g/mol. The van der Waals surface area contributed by atoms with Gasteiger partial charge in [0, 0.05) is 18.2 Å². The van der Waals surface area contributed by atoms with Gasteiger partial charge in [-0.25, -0.2) is 4.98 Å². The van der Waals surface area contributed by atoms with E-state index in [0.717, 1.165) is 5.56 Å². The van der Waals surface area contributed by atoms with Crippen molar-refractivity contribution in [1.82, 2.24) is 20.5 Å². The van der Waals surface area contributed by atoms with Gasteiger partial charge in [-0.15, -0.1) is 0 Å². The lowest BCUT2D eigenvalue weighted by molar-refractivity contribution is -0.143. The molecule has 1 saturated heterocycles. The predicted molar refractivity (Wildman–Crippen MR) is 153 cm³/mol. The summed E-state index contributed by atoms with van der Waals surface area (Å²) in [5.41, 5.74) is 1.46. The molecule has 0 aliphatic carbocycles. The van der Waals surface area contributed by atoms with Crippen LogP contribution >= 0.6 is 0 Å². The number of amides is 2. The maximum Gasteiger partial charge on any atom is 0.622 e. The van der Waals surface area contributed by atoms with Gasteiger partial charge in [-0.1, -0.05) is 50.2 Å². The van der Waals surface area contributed by atoms with Gasteiger partial charge in [-0.3, -0.25) is 19.2 Å². The Bertz CT molecular complexity index is 1210.